The smallest absolute Gasteiger partial charge is 0.336 e. The molecule has 0 aliphatic carbocycles. The molecule has 0 saturated carbocycles. The summed E-state index contributed by atoms with van der Waals surface area (Å²) in [5.41, 5.74) is 1.01. The van der Waals surface area contributed by atoms with Crippen LogP contribution in [0, 0.1) is 5.82 Å². The van der Waals surface area contributed by atoms with E-state index in [-0.39, 0.29) is 11.7 Å². The van der Waals surface area contributed by atoms with Gasteiger partial charge >= 0.3 is 5.97 Å². The number of carboxylic acids is 1. The lowest BCUT2D eigenvalue weighted by Crippen LogP contribution is -2.05. The summed E-state index contributed by atoms with van der Waals surface area (Å²) >= 11 is 0. The van der Waals surface area contributed by atoms with Crippen LogP contribution >= 0.6 is 0 Å². The van der Waals surface area contributed by atoms with Crippen molar-refractivity contribution in [2.45, 2.75) is 20.0 Å². The third-order valence-corrected chi connectivity index (χ3v) is 2.73. The summed E-state index contributed by atoms with van der Waals surface area (Å²) < 4.78 is 18.9. The second-order valence-corrected chi connectivity index (χ2v) is 4.69. The first-order valence-electron chi connectivity index (χ1n) is 6.27. The van der Waals surface area contributed by atoms with Gasteiger partial charge in [0.2, 0.25) is 0 Å². The Balaban J connectivity index is 2.50. The Labute approximate surface area is 116 Å². The first-order valence-corrected chi connectivity index (χ1v) is 6.27. The van der Waals surface area contributed by atoms with Crippen LogP contribution in [0.25, 0.3) is 11.1 Å². The SMILES string of the molecule is CC(C)Oc1cccc(-c2cc(F)ccc2C(=O)O)c1. The van der Waals surface area contributed by atoms with E-state index < -0.39 is 11.8 Å². The number of hydrogen-bond acceptors (Lipinski definition) is 2. The predicted molar refractivity (Wildman–Crippen MR) is 74.6 cm³/mol. The molecular formula is C16H15FO3. The van der Waals surface area contributed by atoms with Crippen LogP contribution in [0.2, 0.25) is 0 Å². The lowest BCUT2D eigenvalue weighted by atomic mass is 9.99. The van der Waals surface area contributed by atoms with Crippen LogP contribution in [0.3, 0.4) is 0 Å². The van der Waals surface area contributed by atoms with E-state index in [0.29, 0.717) is 16.9 Å². The fourth-order valence-electron chi connectivity index (χ4n) is 1.95. The van der Waals surface area contributed by atoms with Gasteiger partial charge in [-0.2, -0.15) is 0 Å². The highest BCUT2D eigenvalue weighted by atomic mass is 19.1. The van der Waals surface area contributed by atoms with Crippen LogP contribution in [0.5, 0.6) is 5.75 Å². The highest BCUT2D eigenvalue weighted by Crippen LogP contribution is 2.28. The van der Waals surface area contributed by atoms with Gasteiger partial charge in [0, 0.05) is 0 Å². The van der Waals surface area contributed by atoms with Crippen LogP contribution in [0.4, 0.5) is 4.39 Å². The van der Waals surface area contributed by atoms with E-state index >= 15 is 0 Å². The van der Waals surface area contributed by atoms with Crippen molar-refractivity contribution in [1.82, 2.24) is 0 Å². The van der Waals surface area contributed by atoms with Gasteiger partial charge in [-0.05, 0) is 55.3 Å². The molecule has 0 unspecified atom stereocenters. The zero-order valence-corrected chi connectivity index (χ0v) is 11.3. The van der Waals surface area contributed by atoms with Gasteiger partial charge in [0.25, 0.3) is 0 Å². The number of benzene rings is 2. The Hall–Kier alpha value is -2.36. The maximum absolute atomic E-state index is 13.4. The molecule has 0 atom stereocenters. The standard InChI is InChI=1S/C16H15FO3/c1-10(2)20-13-5-3-4-11(8-13)15-9-12(17)6-7-14(15)16(18)19/h3-10H,1-2H3,(H,18,19). The molecule has 0 amide bonds. The van der Waals surface area contributed by atoms with Crippen molar-refractivity contribution in [1.29, 1.82) is 0 Å². The summed E-state index contributed by atoms with van der Waals surface area (Å²) in [6.45, 7) is 3.80. The molecule has 1 N–H and O–H groups in total. The zero-order valence-electron chi connectivity index (χ0n) is 11.3. The maximum Gasteiger partial charge on any atom is 0.336 e. The summed E-state index contributed by atoms with van der Waals surface area (Å²) in [6, 6.07) is 10.6. The molecule has 0 heterocycles. The molecule has 2 rings (SSSR count). The molecule has 0 aliphatic rings. The van der Waals surface area contributed by atoms with E-state index in [4.69, 9.17) is 4.74 Å². The molecule has 0 spiro atoms. The molecule has 0 aliphatic heterocycles. The molecule has 2 aromatic carbocycles. The highest BCUT2D eigenvalue weighted by Gasteiger charge is 2.13. The van der Waals surface area contributed by atoms with E-state index in [0.717, 1.165) is 6.07 Å². The topological polar surface area (TPSA) is 46.5 Å². The number of hydrogen-bond donors (Lipinski definition) is 1. The number of carbonyl (C=O) groups is 1. The van der Waals surface area contributed by atoms with Gasteiger partial charge in [-0.15, -0.1) is 0 Å². The molecule has 0 aromatic heterocycles. The lowest BCUT2D eigenvalue weighted by Gasteiger charge is -2.12. The predicted octanol–water partition coefficient (Wildman–Crippen LogP) is 3.98. The van der Waals surface area contributed by atoms with Crippen molar-refractivity contribution in [3.8, 4) is 16.9 Å². The Bertz CT molecular complexity index is 635. The van der Waals surface area contributed by atoms with E-state index in [1.165, 1.54) is 12.1 Å². The van der Waals surface area contributed by atoms with Crippen LogP contribution in [-0.4, -0.2) is 17.2 Å². The van der Waals surface area contributed by atoms with Crippen molar-refractivity contribution in [3.63, 3.8) is 0 Å². The van der Waals surface area contributed by atoms with Gasteiger partial charge in [0.05, 0.1) is 11.7 Å². The molecule has 104 valence electrons. The summed E-state index contributed by atoms with van der Waals surface area (Å²) in [6.07, 6.45) is 0.0108. The normalized spacial score (nSPS) is 10.6. The van der Waals surface area contributed by atoms with Crippen LogP contribution < -0.4 is 4.74 Å². The fraction of sp³-hybridized carbons (Fsp3) is 0.188. The average molecular weight is 274 g/mol. The average Bonchev–Trinajstić information content (AvgIpc) is 2.37. The van der Waals surface area contributed by atoms with E-state index in [9.17, 15) is 14.3 Å². The molecule has 3 nitrogen and oxygen atoms in total. The minimum atomic E-state index is -1.09. The van der Waals surface area contributed by atoms with Crippen molar-refractivity contribution >= 4 is 5.97 Å². The molecule has 0 fully saturated rings. The van der Waals surface area contributed by atoms with Crippen molar-refractivity contribution in [2.24, 2.45) is 0 Å². The minimum absolute atomic E-state index is 0.0108. The molecule has 20 heavy (non-hydrogen) atoms. The second-order valence-electron chi connectivity index (χ2n) is 4.69. The van der Waals surface area contributed by atoms with E-state index in [2.05, 4.69) is 0 Å². The summed E-state index contributed by atoms with van der Waals surface area (Å²) in [4.78, 5) is 11.2. The first-order chi connectivity index (χ1) is 9.47. The molecular weight excluding hydrogens is 259 g/mol. The van der Waals surface area contributed by atoms with Gasteiger partial charge in [-0.3, -0.25) is 0 Å². The fourth-order valence-corrected chi connectivity index (χ4v) is 1.95. The summed E-state index contributed by atoms with van der Waals surface area (Å²) in [5, 5.41) is 9.18. The van der Waals surface area contributed by atoms with E-state index in [1.54, 1.807) is 24.3 Å². The number of carboxylic acid groups (broad SMARTS) is 1. The highest BCUT2D eigenvalue weighted by molar-refractivity contribution is 5.96. The Kier molecular flexibility index (Phi) is 4.03. The Morgan fingerprint density at radius 3 is 2.60 bits per heavy atom. The molecule has 0 radical (unpaired) electrons. The molecule has 0 saturated heterocycles. The summed E-state index contributed by atoms with van der Waals surface area (Å²) in [7, 11) is 0. The van der Waals surface area contributed by atoms with Gasteiger partial charge in [-0.25, -0.2) is 9.18 Å². The van der Waals surface area contributed by atoms with Crippen LogP contribution in [-0.2, 0) is 0 Å². The maximum atomic E-state index is 13.4. The van der Waals surface area contributed by atoms with Gasteiger partial charge < -0.3 is 9.84 Å². The molecule has 4 heteroatoms. The zero-order chi connectivity index (χ0) is 14.7. The van der Waals surface area contributed by atoms with Crippen molar-refractivity contribution < 1.29 is 19.0 Å². The summed E-state index contributed by atoms with van der Waals surface area (Å²) in [5.74, 6) is -0.937. The third kappa shape index (κ3) is 3.15. The van der Waals surface area contributed by atoms with Crippen molar-refractivity contribution in [2.75, 3.05) is 0 Å². The quantitative estimate of drug-likeness (QED) is 0.917. The third-order valence-electron chi connectivity index (χ3n) is 2.73. The number of halogens is 1. The monoisotopic (exact) mass is 274 g/mol. The van der Waals surface area contributed by atoms with Gasteiger partial charge in [-0.1, -0.05) is 12.1 Å². The Morgan fingerprint density at radius 2 is 1.95 bits per heavy atom. The second kappa shape index (κ2) is 5.74. The number of rotatable bonds is 4. The molecule has 2 aromatic rings. The van der Waals surface area contributed by atoms with Crippen LogP contribution in [0.15, 0.2) is 42.5 Å². The molecule has 0 bridgehead atoms. The number of aromatic carboxylic acids is 1. The lowest BCUT2D eigenvalue weighted by molar-refractivity contribution is 0.0697. The van der Waals surface area contributed by atoms with Crippen LogP contribution in [0.1, 0.15) is 24.2 Å². The van der Waals surface area contributed by atoms with Gasteiger partial charge in [0.15, 0.2) is 0 Å². The largest absolute Gasteiger partial charge is 0.491 e. The van der Waals surface area contributed by atoms with Gasteiger partial charge in [0.1, 0.15) is 11.6 Å². The first kappa shape index (κ1) is 14.1. The van der Waals surface area contributed by atoms with Crippen molar-refractivity contribution in [3.05, 3.63) is 53.8 Å². The van der Waals surface area contributed by atoms with E-state index in [1.807, 2.05) is 13.8 Å². The number of ether oxygens (including phenoxy) is 1. The minimum Gasteiger partial charge on any atom is -0.491 e. The Morgan fingerprint density at radius 1 is 1.20 bits per heavy atom.